The van der Waals surface area contributed by atoms with E-state index in [0.29, 0.717) is 30.2 Å². The molecule has 8 heteroatoms. The van der Waals surface area contributed by atoms with Gasteiger partial charge in [0.1, 0.15) is 25.7 Å². The van der Waals surface area contributed by atoms with Gasteiger partial charge in [0.25, 0.3) is 5.91 Å². The molecule has 4 rings (SSSR count). The van der Waals surface area contributed by atoms with Crippen molar-refractivity contribution in [3.8, 4) is 11.6 Å². The van der Waals surface area contributed by atoms with Crippen LogP contribution in [0.3, 0.4) is 0 Å². The van der Waals surface area contributed by atoms with E-state index in [2.05, 4.69) is 4.98 Å². The third-order valence-electron chi connectivity index (χ3n) is 4.67. The fraction of sp³-hybridized carbons (Fsp3) is 0.389. The van der Waals surface area contributed by atoms with Crippen LogP contribution in [0, 0.1) is 0 Å². The lowest BCUT2D eigenvalue weighted by atomic mass is 10.1. The van der Waals surface area contributed by atoms with Crippen molar-refractivity contribution in [2.24, 2.45) is 5.73 Å². The van der Waals surface area contributed by atoms with Gasteiger partial charge in [-0.05, 0) is 30.0 Å². The first kappa shape index (κ1) is 16.6. The number of pyridine rings is 1. The van der Waals surface area contributed by atoms with E-state index in [1.807, 2.05) is 0 Å². The lowest BCUT2D eigenvalue weighted by molar-refractivity contribution is -0.135. The fourth-order valence-electron chi connectivity index (χ4n) is 3.29. The molecule has 26 heavy (non-hydrogen) atoms. The van der Waals surface area contributed by atoms with Crippen LogP contribution in [0.25, 0.3) is 10.8 Å². The summed E-state index contributed by atoms with van der Waals surface area (Å²) >= 11 is 0. The Morgan fingerprint density at radius 3 is 3.00 bits per heavy atom. The Kier molecular flexibility index (Phi) is 4.34. The van der Waals surface area contributed by atoms with Gasteiger partial charge < -0.3 is 24.8 Å². The van der Waals surface area contributed by atoms with Gasteiger partial charge in [-0.1, -0.05) is 0 Å². The second kappa shape index (κ2) is 6.80. The number of aromatic nitrogens is 1. The summed E-state index contributed by atoms with van der Waals surface area (Å²) in [4.78, 5) is 29.8. The third-order valence-corrected chi connectivity index (χ3v) is 4.67. The number of nitrogens with zero attached hydrogens (tertiary/aromatic N) is 2. The predicted octanol–water partition coefficient (Wildman–Crippen LogP) is 1.07. The van der Waals surface area contributed by atoms with E-state index in [9.17, 15) is 9.59 Å². The summed E-state index contributed by atoms with van der Waals surface area (Å²) in [6.07, 6.45) is 2.82. The highest BCUT2D eigenvalue weighted by Crippen LogP contribution is 2.31. The first-order chi connectivity index (χ1) is 12.6. The molecule has 1 fully saturated rings. The topological polar surface area (TPSA) is 104 Å². The average molecular weight is 357 g/mol. The summed E-state index contributed by atoms with van der Waals surface area (Å²) < 4.78 is 17.2. The van der Waals surface area contributed by atoms with Gasteiger partial charge >= 0.3 is 0 Å². The maximum atomic E-state index is 12.0. The van der Waals surface area contributed by atoms with E-state index >= 15 is 0 Å². The quantitative estimate of drug-likeness (QED) is 0.819. The lowest BCUT2D eigenvalue weighted by Gasteiger charge is -2.24. The smallest absolute Gasteiger partial charge is 0.252 e. The maximum Gasteiger partial charge on any atom is 0.252 e. The standard InChI is InChI=1S/C18H19N3O5/c19-17(23)14-7-11-3-4-20-18-13(11)8-15(14)25-6-5-24-10-21-12(9-26-18)1-2-16(21)22/h3-4,7-8,12H,1-2,5-6,9-10H2,(H2,19,23). The van der Waals surface area contributed by atoms with Crippen LogP contribution in [0.15, 0.2) is 24.4 Å². The number of rotatable bonds is 1. The molecule has 1 saturated heterocycles. The molecule has 2 aliphatic heterocycles. The Morgan fingerprint density at radius 1 is 1.27 bits per heavy atom. The van der Waals surface area contributed by atoms with Crippen molar-refractivity contribution in [3.63, 3.8) is 0 Å². The van der Waals surface area contributed by atoms with Gasteiger partial charge in [-0.2, -0.15) is 0 Å². The van der Waals surface area contributed by atoms with Gasteiger partial charge in [0.05, 0.1) is 18.2 Å². The van der Waals surface area contributed by atoms with E-state index in [4.69, 9.17) is 19.9 Å². The normalized spacial score (nSPS) is 20.5. The second-order valence-corrected chi connectivity index (χ2v) is 6.30. The molecular weight excluding hydrogens is 338 g/mol. The largest absolute Gasteiger partial charge is 0.490 e. The summed E-state index contributed by atoms with van der Waals surface area (Å²) in [7, 11) is 0. The molecule has 2 bridgehead atoms. The van der Waals surface area contributed by atoms with Crippen molar-refractivity contribution in [2.45, 2.75) is 18.9 Å². The number of nitrogens with two attached hydrogens (primary N) is 1. The molecule has 1 atom stereocenters. The molecule has 2 aliphatic rings. The number of benzene rings is 1. The number of fused-ring (bicyclic) bond motifs is 2. The van der Waals surface area contributed by atoms with Gasteiger partial charge in [-0.3, -0.25) is 9.59 Å². The van der Waals surface area contributed by atoms with Crippen molar-refractivity contribution >= 4 is 22.6 Å². The highest BCUT2D eigenvalue weighted by molar-refractivity contribution is 6.01. The molecule has 0 aliphatic carbocycles. The number of carbonyl (C=O) groups is 2. The van der Waals surface area contributed by atoms with Crippen LogP contribution in [-0.2, 0) is 9.53 Å². The molecule has 2 N–H and O–H groups in total. The van der Waals surface area contributed by atoms with Gasteiger partial charge in [0.2, 0.25) is 11.8 Å². The molecule has 2 amide bonds. The summed E-state index contributed by atoms with van der Waals surface area (Å²) in [6.45, 7) is 1.03. The SMILES string of the molecule is NC(=O)c1cc2ccnc3c2cc1OCCOCN1C(=O)CCC1CO3. The number of hydrogen-bond acceptors (Lipinski definition) is 6. The molecular formula is C18H19N3O5. The number of ether oxygens (including phenoxy) is 3. The van der Waals surface area contributed by atoms with Crippen LogP contribution in [0.5, 0.6) is 11.6 Å². The van der Waals surface area contributed by atoms with Gasteiger partial charge in [-0.25, -0.2) is 4.98 Å². The Hall–Kier alpha value is -2.87. The van der Waals surface area contributed by atoms with Crippen LogP contribution >= 0.6 is 0 Å². The number of primary amides is 1. The van der Waals surface area contributed by atoms with E-state index in [1.165, 1.54) is 0 Å². The monoisotopic (exact) mass is 357 g/mol. The van der Waals surface area contributed by atoms with E-state index < -0.39 is 5.91 Å². The van der Waals surface area contributed by atoms with Crippen molar-refractivity contribution in [3.05, 3.63) is 30.0 Å². The van der Waals surface area contributed by atoms with Crippen molar-refractivity contribution in [1.29, 1.82) is 0 Å². The summed E-state index contributed by atoms with van der Waals surface area (Å²) in [5, 5.41) is 1.50. The van der Waals surface area contributed by atoms with Crippen LogP contribution in [0.4, 0.5) is 0 Å². The third kappa shape index (κ3) is 3.03. The zero-order valence-electron chi connectivity index (χ0n) is 14.1. The minimum Gasteiger partial charge on any atom is -0.490 e. The molecule has 0 radical (unpaired) electrons. The van der Waals surface area contributed by atoms with Crippen molar-refractivity contribution in [1.82, 2.24) is 9.88 Å². The van der Waals surface area contributed by atoms with E-state index in [1.54, 1.807) is 29.3 Å². The lowest BCUT2D eigenvalue weighted by Crippen LogP contribution is -2.39. The zero-order chi connectivity index (χ0) is 18.1. The molecule has 0 saturated carbocycles. The van der Waals surface area contributed by atoms with Crippen LogP contribution in [0.1, 0.15) is 23.2 Å². The van der Waals surface area contributed by atoms with Gasteiger partial charge in [0, 0.05) is 18.0 Å². The minimum absolute atomic E-state index is 0.0504. The van der Waals surface area contributed by atoms with Gasteiger partial charge in [0.15, 0.2) is 0 Å². The Bertz CT molecular complexity index is 869. The Morgan fingerprint density at radius 2 is 2.15 bits per heavy atom. The maximum absolute atomic E-state index is 12.0. The van der Waals surface area contributed by atoms with Crippen LogP contribution in [-0.4, -0.2) is 54.3 Å². The van der Waals surface area contributed by atoms with E-state index in [-0.39, 0.29) is 31.9 Å². The van der Waals surface area contributed by atoms with E-state index in [0.717, 1.165) is 17.2 Å². The number of hydrogen-bond donors (Lipinski definition) is 1. The summed E-state index contributed by atoms with van der Waals surface area (Å²) in [6, 6.07) is 5.12. The van der Waals surface area contributed by atoms with Gasteiger partial charge in [-0.15, -0.1) is 0 Å². The summed E-state index contributed by atoms with van der Waals surface area (Å²) in [5.41, 5.74) is 5.77. The molecule has 8 nitrogen and oxygen atoms in total. The molecule has 0 spiro atoms. The fourth-order valence-corrected chi connectivity index (χ4v) is 3.29. The van der Waals surface area contributed by atoms with Crippen LogP contribution < -0.4 is 15.2 Å². The first-order valence-electron chi connectivity index (χ1n) is 8.49. The summed E-state index contributed by atoms with van der Waals surface area (Å²) in [5.74, 6) is 0.278. The minimum atomic E-state index is -0.572. The zero-order valence-corrected chi connectivity index (χ0v) is 14.1. The second-order valence-electron chi connectivity index (χ2n) is 6.30. The Labute approximate surface area is 149 Å². The highest BCUT2D eigenvalue weighted by Gasteiger charge is 2.31. The molecule has 3 heterocycles. The molecule has 1 unspecified atom stereocenters. The number of amides is 2. The molecule has 2 aromatic rings. The van der Waals surface area contributed by atoms with Crippen LogP contribution in [0.2, 0.25) is 0 Å². The van der Waals surface area contributed by atoms with Crippen molar-refractivity contribution in [2.75, 3.05) is 26.6 Å². The first-order valence-corrected chi connectivity index (χ1v) is 8.49. The number of carbonyl (C=O) groups excluding carboxylic acids is 2. The molecule has 136 valence electrons. The average Bonchev–Trinajstić information content (AvgIpc) is 2.98. The molecule has 1 aromatic carbocycles. The van der Waals surface area contributed by atoms with Crippen molar-refractivity contribution < 1.29 is 23.8 Å². The highest BCUT2D eigenvalue weighted by atomic mass is 16.5. The molecule has 1 aromatic heterocycles. The Balaban J connectivity index is 1.74. The predicted molar refractivity (Wildman–Crippen MR) is 91.9 cm³/mol.